The second-order valence-corrected chi connectivity index (χ2v) is 5.65. The van der Waals surface area contributed by atoms with Gasteiger partial charge < -0.3 is 4.74 Å². The highest BCUT2D eigenvalue weighted by atomic mass is 79.9. The first kappa shape index (κ1) is 11.7. The summed E-state index contributed by atoms with van der Waals surface area (Å²) in [5.41, 5.74) is 2.88. The van der Waals surface area contributed by atoms with Crippen LogP contribution < -0.4 is 4.74 Å². The third kappa shape index (κ3) is 2.03. The summed E-state index contributed by atoms with van der Waals surface area (Å²) >= 11 is 3.56. The predicted molar refractivity (Wildman–Crippen MR) is 72.0 cm³/mol. The number of halogens is 1. The number of hydrogen-bond donors (Lipinski definition) is 0. The average Bonchev–Trinajstić information content (AvgIpc) is 2.20. The molecule has 1 aromatic rings. The van der Waals surface area contributed by atoms with Crippen molar-refractivity contribution in [2.45, 2.75) is 32.6 Å². The van der Waals surface area contributed by atoms with Crippen molar-refractivity contribution in [1.82, 2.24) is 0 Å². The first-order valence-corrected chi connectivity index (χ1v) is 6.47. The van der Waals surface area contributed by atoms with Crippen molar-refractivity contribution in [2.75, 3.05) is 6.61 Å². The van der Waals surface area contributed by atoms with Crippen molar-refractivity contribution in [3.05, 3.63) is 33.8 Å². The van der Waals surface area contributed by atoms with Crippen molar-refractivity contribution in [2.24, 2.45) is 0 Å². The molecule has 0 aromatic heterocycles. The van der Waals surface area contributed by atoms with Crippen LogP contribution in [0.3, 0.4) is 0 Å². The molecule has 1 aliphatic carbocycles. The number of benzene rings is 1. The summed E-state index contributed by atoms with van der Waals surface area (Å²) < 4.78 is 6.66. The molecule has 86 valence electrons. The minimum absolute atomic E-state index is 0.205. The maximum atomic E-state index is 5.63. The largest absolute Gasteiger partial charge is 0.493 e. The lowest BCUT2D eigenvalue weighted by molar-refractivity contribution is 0.336. The van der Waals surface area contributed by atoms with E-state index in [0.717, 1.165) is 16.6 Å². The van der Waals surface area contributed by atoms with Crippen LogP contribution in [0.25, 0.3) is 6.08 Å². The summed E-state index contributed by atoms with van der Waals surface area (Å²) in [6.07, 6.45) is 5.53. The summed E-state index contributed by atoms with van der Waals surface area (Å²) in [4.78, 5) is 0. The Morgan fingerprint density at radius 1 is 1.38 bits per heavy atom. The van der Waals surface area contributed by atoms with E-state index >= 15 is 0 Å². The van der Waals surface area contributed by atoms with Crippen LogP contribution in [-0.4, -0.2) is 6.61 Å². The molecule has 0 amide bonds. The lowest BCUT2D eigenvalue weighted by atomic mass is 9.76. The standard InChI is InChI=1S/C14H17BrO/c1-4-16-13-9-11-10(8-12(13)15)6-5-7-14(11,2)3/h5-6,8-9H,4,7H2,1-3H3. The fourth-order valence-corrected chi connectivity index (χ4v) is 2.62. The van der Waals surface area contributed by atoms with Gasteiger partial charge in [0.15, 0.2) is 0 Å². The van der Waals surface area contributed by atoms with Crippen LogP contribution in [0.1, 0.15) is 38.3 Å². The van der Waals surface area contributed by atoms with Crippen molar-refractivity contribution in [1.29, 1.82) is 0 Å². The topological polar surface area (TPSA) is 9.23 Å². The van der Waals surface area contributed by atoms with E-state index in [4.69, 9.17) is 4.74 Å². The van der Waals surface area contributed by atoms with E-state index in [0.29, 0.717) is 6.61 Å². The Balaban J connectivity index is 2.54. The third-order valence-electron chi connectivity index (χ3n) is 3.06. The molecule has 1 aliphatic rings. The fourth-order valence-electron chi connectivity index (χ4n) is 2.15. The van der Waals surface area contributed by atoms with E-state index in [9.17, 15) is 0 Å². The van der Waals surface area contributed by atoms with E-state index in [-0.39, 0.29) is 5.41 Å². The molecule has 1 aromatic carbocycles. The molecule has 0 bridgehead atoms. The van der Waals surface area contributed by atoms with Gasteiger partial charge in [0.25, 0.3) is 0 Å². The SMILES string of the molecule is CCOc1cc2c(cc1Br)C=CCC2(C)C. The Morgan fingerprint density at radius 2 is 2.12 bits per heavy atom. The first-order valence-electron chi connectivity index (χ1n) is 5.68. The Kier molecular flexibility index (Phi) is 3.11. The maximum Gasteiger partial charge on any atom is 0.133 e. The molecule has 0 radical (unpaired) electrons. The van der Waals surface area contributed by atoms with Gasteiger partial charge in [0, 0.05) is 0 Å². The molecular formula is C14H17BrO. The molecule has 0 atom stereocenters. The van der Waals surface area contributed by atoms with Gasteiger partial charge in [-0.05, 0) is 57.9 Å². The van der Waals surface area contributed by atoms with Crippen molar-refractivity contribution in [3.63, 3.8) is 0 Å². The van der Waals surface area contributed by atoms with Crippen LogP contribution in [0.5, 0.6) is 5.75 Å². The zero-order valence-corrected chi connectivity index (χ0v) is 11.6. The monoisotopic (exact) mass is 280 g/mol. The molecule has 0 fully saturated rings. The van der Waals surface area contributed by atoms with Crippen LogP contribution in [0.15, 0.2) is 22.7 Å². The first-order chi connectivity index (χ1) is 7.54. The second-order valence-electron chi connectivity index (χ2n) is 4.79. The summed E-state index contributed by atoms with van der Waals surface area (Å²) in [6.45, 7) is 7.27. The van der Waals surface area contributed by atoms with Crippen LogP contribution in [-0.2, 0) is 5.41 Å². The highest BCUT2D eigenvalue weighted by molar-refractivity contribution is 9.10. The van der Waals surface area contributed by atoms with Gasteiger partial charge in [0.1, 0.15) is 5.75 Å². The number of fused-ring (bicyclic) bond motifs is 1. The fraction of sp³-hybridized carbons (Fsp3) is 0.429. The zero-order chi connectivity index (χ0) is 11.8. The smallest absolute Gasteiger partial charge is 0.133 e. The quantitative estimate of drug-likeness (QED) is 0.773. The molecule has 0 N–H and O–H groups in total. The van der Waals surface area contributed by atoms with Crippen LogP contribution in [0.4, 0.5) is 0 Å². The molecule has 1 nitrogen and oxygen atoms in total. The summed E-state index contributed by atoms with van der Waals surface area (Å²) in [7, 11) is 0. The van der Waals surface area contributed by atoms with Gasteiger partial charge in [0.2, 0.25) is 0 Å². The molecule has 0 spiro atoms. The van der Waals surface area contributed by atoms with Gasteiger partial charge in [0.05, 0.1) is 11.1 Å². The molecule has 0 aliphatic heterocycles. The Morgan fingerprint density at radius 3 is 2.81 bits per heavy atom. The van der Waals surface area contributed by atoms with Gasteiger partial charge in [-0.15, -0.1) is 0 Å². The Hall–Kier alpha value is -0.760. The van der Waals surface area contributed by atoms with Crippen molar-refractivity contribution >= 4 is 22.0 Å². The van der Waals surface area contributed by atoms with Crippen LogP contribution >= 0.6 is 15.9 Å². The lowest BCUT2D eigenvalue weighted by Gasteiger charge is -2.29. The van der Waals surface area contributed by atoms with E-state index < -0.39 is 0 Å². The minimum atomic E-state index is 0.205. The summed E-state index contributed by atoms with van der Waals surface area (Å²) in [5.74, 6) is 0.949. The molecule has 2 heteroatoms. The zero-order valence-electron chi connectivity index (χ0n) is 10.0. The van der Waals surface area contributed by atoms with E-state index in [1.165, 1.54) is 11.1 Å². The molecule has 16 heavy (non-hydrogen) atoms. The van der Waals surface area contributed by atoms with E-state index in [1.807, 2.05) is 6.92 Å². The Labute approximate surface area is 106 Å². The van der Waals surface area contributed by atoms with Crippen molar-refractivity contribution in [3.8, 4) is 5.75 Å². The average molecular weight is 281 g/mol. The van der Waals surface area contributed by atoms with Gasteiger partial charge in [-0.2, -0.15) is 0 Å². The van der Waals surface area contributed by atoms with E-state index in [1.54, 1.807) is 0 Å². The van der Waals surface area contributed by atoms with E-state index in [2.05, 4.69) is 54.1 Å². The number of hydrogen-bond acceptors (Lipinski definition) is 1. The number of ether oxygens (including phenoxy) is 1. The van der Waals surface area contributed by atoms with Gasteiger partial charge in [-0.1, -0.05) is 26.0 Å². The molecular weight excluding hydrogens is 264 g/mol. The second kappa shape index (κ2) is 4.25. The van der Waals surface area contributed by atoms with Crippen LogP contribution in [0, 0.1) is 0 Å². The maximum absolute atomic E-state index is 5.63. The van der Waals surface area contributed by atoms with Gasteiger partial charge in [-0.25, -0.2) is 0 Å². The molecule has 2 rings (SSSR count). The third-order valence-corrected chi connectivity index (χ3v) is 3.68. The molecule has 0 saturated heterocycles. The highest BCUT2D eigenvalue weighted by Crippen LogP contribution is 2.40. The normalized spacial score (nSPS) is 17.0. The van der Waals surface area contributed by atoms with Gasteiger partial charge in [-0.3, -0.25) is 0 Å². The predicted octanol–water partition coefficient (Wildman–Crippen LogP) is 4.54. The molecule has 0 saturated carbocycles. The summed E-state index contributed by atoms with van der Waals surface area (Å²) in [5, 5.41) is 0. The number of rotatable bonds is 2. The Bertz CT molecular complexity index is 433. The van der Waals surface area contributed by atoms with Crippen molar-refractivity contribution < 1.29 is 4.74 Å². The number of allylic oxidation sites excluding steroid dienone is 1. The summed E-state index contributed by atoms with van der Waals surface area (Å²) in [6, 6.07) is 4.32. The molecule has 0 heterocycles. The lowest BCUT2D eigenvalue weighted by Crippen LogP contribution is -2.20. The highest BCUT2D eigenvalue weighted by Gasteiger charge is 2.25. The molecule has 0 unspecified atom stereocenters. The van der Waals surface area contributed by atoms with Crippen LogP contribution in [0.2, 0.25) is 0 Å². The van der Waals surface area contributed by atoms with Gasteiger partial charge >= 0.3 is 0 Å². The minimum Gasteiger partial charge on any atom is -0.493 e.